The second-order valence-corrected chi connectivity index (χ2v) is 10.3. The lowest BCUT2D eigenvalue weighted by Crippen LogP contribution is -2.47. The average molecular weight is 465 g/mol. The van der Waals surface area contributed by atoms with E-state index in [1.54, 1.807) is 25.7 Å². The van der Waals surface area contributed by atoms with Crippen LogP contribution in [0.4, 0.5) is 4.79 Å². The van der Waals surface area contributed by atoms with Gasteiger partial charge in [-0.25, -0.2) is 9.59 Å². The molecule has 2 rings (SSSR count). The number of aliphatic hydroxyl groups excluding tert-OH is 1. The van der Waals surface area contributed by atoms with Gasteiger partial charge >= 0.3 is 12.1 Å². The molecule has 3 atom stereocenters. The number of aliphatic hydroxyl groups is 1. The number of alkyl carbamates (subject to hydrolysis) is 1. The molecule has 0 saturated carbocycles. The van der Waals surface area contributed by atoms with E-state index in [-0.39, 0.29) is 24.3 Å². The molecule has 2 amide bonds. The molecule has 1 heterocycles. The minimum atomic E-state index is -0.788. The number of allylic oxidation sites excluding steroid dienone is 1. The van der Waals surface area contributed by atoms with Crippen LogP contribution in [0, 0.1) is 11.8 Å². The molecule has 0 bridgehead atoms. The molecule has 0 fully saturated rings. The maximum atomic E-state index is 12.6. The SMILES string of the molecule is CC1C=CC2=C(CN(C(=O)CCCCOC(=O)N[C@H](C(=O)OC(C)(C)C)C(C)C)CC2)C1O. The summed E-state index contributed by atoms with van der Waals surface area (Å²) in [6, 6.07) is -0.788. The molecule has 0 aromatic rings. The van der Waals surface area contributed by atoms with Crippen molar-refractivity contribution >= 4 is 18.0 Å². The van der Waals surface area contributed by atoms with Crippen LogP contribution in [-0.4, -0.2) is 65.4 Å². The zero-order valence-corrected chi connectivity index (χ0v) is 20.8. The Morgan fingerprint density at radius 2 is 1.94 bits per heavy atom. The maximum Gasteiger partial charge on any atom is 0.407 e. The van der Waals surface area contributed by atoms with Crippen LogP contribution in [0.5, 0.6) is 0 Å². The third kappa shape index (κ3) is 8.18. The fourth-order valence-electron chi connectivity index (χ4n) is 3.91. The van der Waals surface area contributed by atoms with E-state index >= 15 is 0 Å². The molecule has 0 aromatic heterocycles. The molecule has 1 aliphatic carbocycles. The largest absolute Gasteiger partial charge is 0.458 e. The van der Waals surface area contributed by atoms with E-state index in [4.69, 9.17) is 9.47 Å². The lowest BCUT2D eigenvalue weighted by molar-refractivity contribution is -0.158. The summed E-state index contributed by atoms with van der Waals surface area (Å²) in [4.78, 5) is 38.8. The van der Waals surface area contributed by atoms with Gasteiger partial charge in [-0.1, -0.05) is 32.9 Å². The van der Waals surface area contributed by atoms with Crippen molar-refractivity contribution < 1.29 is 29.0 Å². The topological polar surface area (TPSA) is 105 Å². The molecule has 1 aliphatic heterocycles. The Hall–Kier alpha value is -2.35. The number of amides is 2. The van der Waals surface area contributed by atoms with Crippen molar-refractivity contribution in [3.8, 4) is 0 Å². The number of nitrogens with one attached hydrogen (secondary N) is 1. The van der Waals surface area contributed by atoms with Gasteiger partial charge in [-0.2, -0.15) is 0 Å². The summed E-state index contributed by atoms with van der Waals surface area (Å²) in [7, 11) is 0. The summed E-state index contributed by atoms with van der Waals surface area (Å²) >= 11 is 0. The van der Waals surface area contributed by atoms with Crippen LogP contribution >= 0.6 is 0 Å². The summed E-state index contributed by atoms with van der Waals surface area (Å²) in [6.45, 7) is 12.2. The third-order valence-corrected chi connectivity index (χ3v) is 5.85. The molecule has 186 valence electrons. The number of unbranched alkanes of at least 4 members (excludes halogenated alkanes) is 1. The van der Waals surface area contributed by atoms with Crippen LogP contribution in [0.1, 0.15) is 67.2 Å². The zero-order chi connectivity index (χ0) is 24.8. The fraction of sp³-hybridized carbons (Fsp3) is 0.720. The summed E-state index contributed by atoms with van der Waals surface area (Å²) in [6.07, 6.45) is 5.16. The predicted molar refractivity (Wildman–Crippen MR) is 125 cm³/mol. The first-order valence-electron chi connectivity index (χ1n) is 11.9. The van der Waals surface area contributed by atoms with E-state index < -0.39 is 29.8 Å². The summed E-state index contributed by atoms with van der Waals surface area (Å²) in [5.74, 6) is -0.530. The second kappa shape index (κ2) is 11.7. The summed E-state index contributed by atoms with van der Waals surface area (Å²) in [5.41, 5.74) is 1.46. The highest BCUT2D eigenvalue weighted by Gasteiger charge is 2.31. The number of carbonyl (C=O) groups is 3. The van der Waals surface area contributed by atoms with Gasteiger partial charge in [0.05, 0.1) is 12.7 Å². The molecule has 2 N–H and O–H groups in total. The van der Waals surface area contributed by atoms with Crippen molar-refractivity contribution in [3.05, 3.63) is 23.3 Å². The van der Waals surface area contributed by atoms with Crippen LogP contribution in [0.3, 0.4) is 0 Å². The number of hydrogen-bond donors (Lipinski definition) is 2. The van der Waals surface area contributed by atoms with Crippen LogP contribution in [0.15, 0.2) is 23.3 Å². The first kappa shape index (κ1) is 26.9. The Balaban J connectivity index is 1.70. The van der Waals surface area contributed by atoms with Crippen molar-refractivity contribution in [3.63, 3.8) is 0 Å². The molecular formula is C25H40N2O6. The van der Waals surface area contributed by atoms with Gasteiger partial charge in [0.25, 0.3) is 0 Å². The van der Waals surface area contributed by atoms with E-state index in [0.717, 1.165) is 17.6 Å². The lowest BCUT2D eigenvalue weighted by Gasteiger charge is -2.35. The van der Waals surface area contributed by atoms with Gasteiger partial charge in [0.15, 0.2) is 0 Å². The number of ether oxygens (including phenoxy) is 2. The van der Waals surface area contributed by atoms with Crippen LogP contribution in [0.2, 0.25) is 0 Å². The standard InChI is InChI=1S/C25H40N2O6/c1-16(2)21(23(30)33-25(4,5)6)26-24(31)32-14-8-7-9-20(28)27-13-12-18-11-10-17(3)22(29)19(18)15-27/h10-11,16-17,21-22,29H,7-9,12-15H2,1-6H3,(H,26,31)/t17?,21-,22?/m0/s1. The molecular weight excluding hydrogens is 424 g/mol. The highest BCUT2D eigenvalue weighted by atomic mass is 16.6. The van der Waals surface area contributed by atoms with Crippen LogP contribution in [-0.2, 0) is 19.1 Å². The van der Waals surface area contributed by atoms with Crippen molar-refractivity contribution in [2.75, 3.05) is 19.7 Å². The second-order valence-electron chi connectivity index (χ2n) is 10.3. The van der Waals surface area contributed by atoms with Gasteiger partial charge in [0.1, 0.15) is 11.6 Å². The number of rotatable bonds is 8. The zero-order valence-electron chi connectivity index (χ0n) is 20.8. The van der Waals surface area contributed by atoms with Gasteiger partial charge < -0.3 is 24.8 Å². The first-order valence-corrected chi connectivity index (χ1v) is 11.9. The molecule has 2 unspecified atom stereocenters. The monoisotopic (exact) mass is 464 g/mol. The minimum absolute atomic E-state index is 0.0465. The van der Waals surface area contributed by atoms with Gasteiger partial charge in [-0.05, 0) is 57.1 Å². The van der Waals surface area contributed by atoms with E-state index in [0.29, 0.717) is 32.4 Å². The number of nitrogens with zero attached hydrogens (tertiary/aromatic N) is 1. The minimum Gasteiger partial charge on any atom is -0.458 e. The Morgan fingerprint density at radius 1 is 1.24 bits per heavy atom. The van der Waals surface area contributed by atoms with Crippen molar-refractivity contribution in [1.29, 1.82) is 0 Å². The van der Waals surface area contributed by atoms with Crippen molar-refractivity contribution in [1.82, 2.24) is 10.2 Å². The molecule has 0 spiro atoms. The lowest BCUT2D eigenvalue weighted by atomic mass is 9.84. The quantitative estimate of drug-likeness (QED) is 0.422. The Morgan fingerprint density at radius 3 is 2.58 bits per heavy atom. The molecule has 0 saturated heterocycles. The predicted octanol–water partition coefficient (Wildman–Crippen LogP) is 3.34. The Bertz CT molecular complexity index is 780. The normalized spacial score (nSPS) is 21.5. The van der Waals surface area contributed by atoms with Gasteiger partial charge in [0.2, 0.25) is 5.91 Å². The Kier molecular flexibility index (Phi) is 9.52. The smallest absolute Gasteiger partial charge is 0.407 e. The van der Waals surface area contributed by atoms with Crippen LogP contribution in [0.25, 0.3) is 0 Å². The Labute approximate surface area is 197 Å². The van der Waals surface area contributed by atoms with Crippen molar-refractivity contribution in [2.45, 2.75) is 85.0 Å². The maximum absolute atomic E-state index is 12.6. The third-order valence-electron chi connectivity index (χ3n) is 5.85. The highest BCUT2D eigenvalue weighted by molar-refractivity contribution is 5.81. The van der Waals surface area contributed by atoms with Gasteiger partial charge in [-0.3, -0.25) is 4.79 Å². The number of hydrogen-bond acceptors (Lipinski definition) is 6. The average Bonchev–Trinajstić information content (AvgIpc) is 2.72. The molecule has 2 aliphatic rings. The summed E-state index contributed by atoms with van der Waals surface area (Å²) < 4.78 is 10.6. The molecule has 8 nitrogen and oxygen atoms in total. The molecule has 0 radical (unpaired) electrons. The van der Waals surface area contributed by atoms with E-state index in [2.05, 4.69) is 11.4 Å². The molecule has 8 heteroatoms. The van der Waals surface area contributed by atoms with Crippen molar-refractivity contribution in [2.24, 2.45) is 11.8 Å². The number of carbonyl (C=O) groups excluding carboxylic acids is 3. The number of esters is 1. The van der Waals surface area contributed by atoms with E-state index in [1.165, 1.54) is 0 Å². The molecule has 33 heavy (non-hydrogen) atoms. The highest BCUT2D eigenvalue weighted by Crippen LogP contribution is 2.30. The fourth-order valence-corrected chi connectivity index (χ4v) is 3.91. The van der Waals surface area contributed by atoms with Gasteiger partial charge in [0, 0.05) is 25.4 Å². The van der Waals surface area contributed by atoms with Gasteiger partial charge in [-0.15, -0.1) is 0 Å². The van der Waals surface area contributed by atoms with Crippen LogP contribution < -0.4 is 5.32 Å². The van der Waals surface area contributed by atoms with E-state index in [9.17, 15) is 19.5 Å². The van der Waals surface area contributed by atoms with E-state index in [1.807, 2.05) is 26.8 Å². The summed E-state index contributed by atoms with van der Waals surface area (Å²) in [5, 5.41) is 13.0. The first-order chi connectivity index (χ1) is 15.4. The molecule has 0 aromatic carbocycles.